The van der Waals surface area contributed by atoms with Crippen molar-refractivity contribution >= 4 is 37.3 Å². The van der Waals surface area contributed by atoms with E-state index in [2.05, 4.69) is 29.8 Å². The molecule has 0 bridgehead atoms. The molecule has 3 rings (SSSR count). The summed E-state index contributed by atoms with van der Waals surface area (Å²) in [6.45, 7) is 4.57. The number of para-hydroxylation sites is 1. The van der Waals surface area contributed by atoms with Crippen LogP contribution >= 0.6 is 15.9 Å². The molecule has 0 saturated carbocycles. The predicted octanol–water partition coefficient (Wildman–Crippen LogP) is 6.10. The van der Waals surface area contributed by atoms with E-state index in [1.807, 2.05) is 41.3 Å². The monoisotopic (exact) mass is 480 g/mol. The Morgan fingerprint density at radius 1 is 1.03 bits per heavy atom. The lowest BCUT2D eigenvalue weighted by Gasteiger charge is -2.40. The van der Waals surface area contributed by atoms with Crippen LogP contribution in [0.4, 0.5) is 11.4 Å². The Morgan fingerprint density at radius 3 is 2.24 bits per heavy atom. The minimum atomic E-state index is -4.06. The van der Waals surface area contributed by atoms with E-state index in [0.717, 1.165) is 35.8 Å². The number of fused-ring (bicyclic) bond motifs is 1. The first-order valence-electron chi connectivity index (χ1n) is 10.2. The molecule has 0 fully saturated rings. The van der Waals surface area contributed by atoms with Crippen molar-refractivity contribution in [2.75, 3.05) is 11.4 Å². The molecule has 0 aromatic heterocycles. The van der Waals surface area contributed by atoms with Crippen molar-refractivity contribution in [3.8, 4) is 0 Å². The first kappa shape index (κ1) is 22.3. The third-order valence-electron chi connectivity index (χ3n) is 5.63. The van der Waals surface area contributed by atoms with Gasteiger partial charge in [0, 0.05) is 16.7 Å². The minimum Gasteiger partial charge on any atom is -0.338 e. The Hall–Kier alpha value is -1.41. The summed E-state index contributed by atoms with van der Waals surface area (Å²) in [7, 11) is -4.06. The summed E-state index contributed by atoms with van der Waals surface area (Å²) in [6, 6.07) is 14.9. The fraction of sp³-hybridized carbons (Fsp3) is 0.455. The van der Waals surface area contributed by atoms with Crippen LogP contribution < -0.4 is 4.90 Å². The second kappa shape index (κ2) is 9.16. The standard InChI is InChI=1S/C22H29BrN2O3S/c1-3-5-14-22(15-6-4-2)17-24(19-10-8-7-9-11-19)20-16-18(23)12-13-21(20)29(27,28)25(22)26/h7-13,16,26H,3-6,14-15,17H2,1-2H3. The molecule has 0 saturated heterocycles. The molecule has 1 aliphatic heterocycles. The Kier molecular flexibility index (Phi) is 7.04. The summed E-state index contributed by atoms with van der Waals surface area (Å²) in [5, 5.41) is 11.2. The van der Waals surface area contributed by atoms with Gasteiger partial charge in [0.25, 0.3) is 10.0 Å². The first-order chi connectivity index (χ1) is 13.9. The van der Waals surface area contributed by atoms with Gasteiger partial charge in [-0.1, -0.05) is 78.1 Å². The van der Waals surface area contributed by atoms with Crippen LogP contribution in [-0.2, 0) is 10.0 Å². The highest BCUT2D eigenvalue weighted by Gasteiger charge is 2.48. The topological polar surface area (TPSA) is 60.9 Å². The van der Waals surface area contributed by atoms with Gasteiger partial charge in [0.15, 0.2) is 0 Å². The molecule has 2 aromatic carbocycles. The summed E-state index contributed by atoms with van der Waals surface area (Å²) in [5.74, 6) is 0. The highest BCUT2D eigenvalue weighted by Crippen LogP contribution is 2.44. The van der Waals surface area contributed by atoms with E-state index in [-0.39, 0.29) is 4.90 Å². The second-order valence-corrected chi connectivity index (χ2v) is 10.4. The third-order valence-corrected chi connectivity index (χ3v) is 7.87. The summed E-state index contributed by atoms with van der Waals surface area (Å²) in [5.41, 5.74) is 0.612. The van der Waals surface area contributed by atoms with Gasteiger partial charge in [-0.3, -0.25) is 5.21 Å². The second-order valence-electron chi connectivity index (χ2n) is 7.71. The normalized spacial score (nSPS) is 18.3. The highest BCUT2D eigenvalue weighted by molar-refractivity contribution is 9.10. The molecular weight excluding hydrogens is 452 g/mol. The van der Waals surface area contributed by atoms with Crippen LogP contribution in [0.15, 0.2) is 57.9 Å². The molecule has 0 spiro atoms. The largest absolute Gasteiger partial charge is 0.338 e. The molecule has 7 heteroatoms. The van der Waals surface area contributed by atoms with Gasteiger partial charge < -0.3 is 4.90 Å². The van der Waals surface area contributed by atoms with Crippen LogP contribution in [0.3, 0.4) is 0 Å². The average molecular weight is 481 g/mol. The van der Waals surface area contributed by atoms with Crippen LogP contribution in [0, 0.1) is 0 Å². The lowest BCUT2D eigenvalue weighted by molar-refractivity contribution is -0.0936. The number of hydroxylamine groups is 1. The van der Waals surface area contributed by atoms with Crippen LogP contribution in [0.5, 0.6) is 0 Å². The van der Waals surface area contributed by atoms with Gasteiger partial charge in [-0.05, 0) is 43.2 Å². The number of unbranched alkanes of at least 4 members (excludes halogenated alkanes) is 2. The SMILES string of the molecule is CCCCC1(CCCC)CN(c2ccccc2)c2cc(Br)ccc2S(=O)(=O)N1O. The number of nitrogens with zero attached hydrogens (tertiary/aromatic N) is 2. The van der Waals surface area contributed by atoms with Crippen LogP contribution in [0.2, 0.25) is 0 Å². The van der Waals surface area contributed by atoms with Crippen molar-refractivity contribution in [2.24, 2.45) is 0 Å². The van der Waals surface area contributed by atoms with Crippen molar-refractivity contribution in [1.82, 2.24) is 4.47 Å². The number of hydrogen-bond donors (Lipinski definition) is 1. The molecule has 2 aromatic rings. The maximum absolute atomic E-state index is 13.5. The number of sulfonamides is 1. The molecule has 0 atom stereocenters. The van der Waals surface area contributed by atoms with Gasteiger partial charge in [0.2, 0.25) is 0 Å². The van der Waals surface area contributed by atoms with E-state index in [1.54, 1.807) is 12.1 Å². The summed E-state index contributed by atoms with van der Waals surface area (Å²) in [4.78, 5) is 2.17. The zero-order chi connectivity index (χ0) is 21.1. The zero-order valence-electron chi connectivity index (χ0n) is 17.0. The van der Waals surface area contributed by atoms with E-state index in [4.69, 9.17) is 0 Å². The smallest absolute Gasteiger partial charge is 0.267 e. The lowest BCUT2D eigenvalue weighted by Crippen LogP contribution is -2.54. The molecular formula is C22H29BrN2O3S. The number of hydrogen-bond acceptors (Lipinski definition) is 4. The Balaban J connectivity index is 2.25. The molecule has 1 N–H and O–H groups in total. The van der Waals surface area contributed by atoms with Crippen molar-refractivity contribution in [3.63, 3.8) is 0 Å². The summed E-state index contributed by atoms with van der Waals surface area (Å²) < 4.78 is 28.5. The van der Waals surface area contributed by atoms with E-state index in [1.165, 1.54) is 0 Å². The molecule has 0 amide bonds. The zero-order valence-corrected chi connectivity index (χ0v) is 19.4. The summed E-state index contributed by atoms with van der Waals surface area (Å²) in [6.07, 6.45) is 4.78. The van der Waals surface area contributed by atoms with E-state index >= 15 is 0 Å². The van der Waals surface area contributed by atoms with Gasteiger partial charge >= 0.3 is 0 Å². The number of anilines is 2. The van der Waals surface area contributed by atoms with E-state index < -0.39 is 15.6 Å². The van der Waals surface area contributed by atoms with E-state index in [9.17, 15) is 13.6 Å². The van der Waals surface area contributed by atoms with Crippen molar-refractivity contribution in [2.45, 2.75) is 62.8 Å². The number of benzene rings is 2. The first-order valence-corrected chi connectivity index (χ1v) is 12.5. The Labute approximate surface area is 182 Å². The average Bonchev–Trinajstić information content (AvgIpc) is 2.79. The fourth-order valence-corrected chi connectivity index (χ4v) is 5.99. The molecule has 5 nitrogen and oxygen atoms in total. The van der Waals surface area contributed by atoms with Crippen LogP contribution in [0.1, 0.15) is 52.4 Å². The quantitative estimate of drug-likeness (QED) is 0.519. The van der Waals surface area contributed by atoms with Gasteiger partial charge in [-0.25, -0.2) is 8.42 Å². The maximum atomic E-state index is 13.5. The van der Waals surface area contributed by atoms with Crippen LogP contribution in [-0.4, -0.2) is 30.2 Å². The van der Waals surface area contributed by atoms with Crippen molar-refractivity contribution in [3.05, 3.63) is 53.0 Å². The van der Waals surface area contributed by atoms with Crippen molar-refractivity contribution in [1.29, 1.82) is 0 Å². The molecule has 0 aliphatic carbocycles. The third kappa shape index (κ3) is 4.38. The highest BCUT2D eigenvalue weighted by atomic mass is 79.9. The fourth-order valence-electron chi connectivity index (χ4n) is 4.03. The van der Waals surface area contributed by atoms with Crippen molar-refractivity contribution < 1.29 is 13.6 Å². The summed E-state index contributed by atoms with van der Waals surface area (Å²) >= 11 is 3.48. The maximum Gasteiger partial charge on any atom is 0.267 e. The predicted molar refractivity (Wildman–Crippen MR) is 120 cm³/mol. The molecule has 0 unspecified atom stereocenters. The van der Waals surface area contributed by atoms with Gasteiger partial charge in [-0.15, -0.1) is 0 Å². The molecule has 1 aliphatic rings. The minimum absolute atomic E-state index is 0.127. The molecule has 29 heavy (non-hydrogen) atoms. The Bertz CT molecular complexity index is 926. The van der Waals surface area contributed by atoms with Gasteiger partial charge in [0.05, 0.1) is 11.2 Å². The lowest BCUT2D eigenvalue weighted by atomic mass is 9.87. The molecule has 158 valence electrons. The van der Waals surface area contributed by atoms with Crippen LogP contribution in [0.25, 0.3) is 0 Å². The van der Waals surface area contributed by atoms with Gasteiger partial charge in [0.1, 0.15) is 4.90 Å². The number of halogens is 1. The number of rotatable bonds is 7. The molecule has 1 heterocycles. The van der Waals surface area contributed by atoms with Gasteiger partial charge in [-0.2, -0.15) is 0 Å². The van der Waals surface area contributed by atoms with E-state index in [0.29, 0.717) is 29.5 Å². The Morgan fingerprint density at radius 2 is 1.66 bits per heavy atom. The molecule has 0 radical (unpaired) electrons.